The van der Waals surface area contributed by atoms with Crippen LogP contribution in [0, 0.1) is 0 Å². The molecule has 0 spiro atoms. The molecule has 108 valence electrons. The van der Waals surface area contributed by atoms with Crippen molar-refractivity contribution in [1.29, 1.82) is 0 Å². The van der Waals surface area contributed by atoms with E-state index in [-0.39, 0.29) is 24.2 Å². The number of amides is 2. The van der Waals surface area contributed by atoms with Crippen molar-refractivity contribution in [2.75, 3.05) is 7.05 Å². The Morgan fingerprint density at radius 2 is 1.95 bits per heavy atom. The quantitative estimate of drug-likeness (QED) is 0.754. The molecular formula is C14H18N2O4. The van der Waals surface area contributed by atoms with E-state index >= 15 is 0 Å². The van der Waals surface area contributed by atoms with Gasteiger partial charge < -0.3 is 20.4 Å². The molecule has 1 unspecified atom stereocenters. The molecule has 1 aliphatic carbocycles. The number of hydrogen-bond acceptors (Lipinski definition) is 3. The topological polar surface area (TPSA) is 89.9 Å². The summed E-state index contributed by atoms with van der Waals surface area (Å²) in [6.45, 7) is 0. The highest BCUT2D eigenvalue weighted by Gasteiger charge is 2.31. The first-order valence-electron chi connectivity index (χ1n) is 6.51. The van der Waals surface area contributed by atoms with Crippen LogP contribution in [0.3, 0.4) is 0 Å². The third-order valence-corrected chi connectivity index (χ3v) is 3.39. The molecule has 0 aromatic heterocycles. The fourth-order valence-electron chi connectivity index (χ4n) is 1.95. The first-order valence-corrected chi connectivity index (χ1v) is 6.51. The Balaban J connectivity index is 1.97. The highest BCUT2D eigenvalue weighted by atomic mass is 16.4. The third-order valence-electron chi connectivity index (χ3n) is 3.39. The van der Waals surface area contributed by atoms with Crippen molar-refractivity contribution in [3.63, 3.8) is 0 Å². The molecule has 0 aliphatic heterocycles. The van der Waals surface area contributed by atoms with E-state index in [1.54, 1.807) is 24.1 Å². The van der Waals surface area contributed by atoms with Crippen LogP contribution >= 0.6 is 0 Å². The monoisotopic (exact) mass is 278 g/mol. The zero-order chi connectivity index (χ0) is 14.7. The maximum Gasteiger partial charge on any atom is 0.326 e. The summed E-state index contributed by atoms with van der Waals surface area (Å²) in [5.74, 6) is -0.950. The van der Waals surface area contributed by atoms with Gasteiger partial charge in [0.1, 0.15) is 11.8 Å². The van der Waals surface area contributed by atoms with Crippen molar-refractivity contribution in [2.24, 2.45) is 0 Å². The van der Waals surface area contributed by atoms with E-state index in [1.165, 1.54) is 12.1 Å². The van der Waals surface area contributed by atoms with Crippen molar-refractivity contribution in [1.82, 2.24) is 10.2 Å². The van der Waals surface area contributed by atoms with Crippen molar-refractivity contribution in [2.45, 2.75) is 31.3 Å². The Morgan fingerprint density at radius 3 is 2.45 bits per heavy atom. The predicted molar refractivity (Wildman–Crippen MR) is 72.6 cm³/mol. The first kappa shape index (κ1) is 14.2. The van der Waals surface area contributed by atoms with Crippen molar-refractivity contribution in [3.05, 3.63) is 29.8 Å². The van der Waals surface area contributed by atoms with Gasteiger partial charge in [-0.05, 0) is 30.5 Å². The number of urea groups is 1. The average molecular weight is 278 g/mol. The van der Waals surface area contributed by atoms with E-state index in [2.05, 4.69) is 5.32 Å². The molecule has 0 bridgehead atoms. The number of benzene rings is 1. The molecule has 1 saturated carbocycles. The number of aromatic hydroxyl groups is 1. The lowest BCUT2D eigenvalue weighted by atomic mass is 10.1. The van der Waals surface area contributed by atoms with Gasteiger partial charge in [0.05, 0.1) is 0 Å². The van der Waals surface area contributed by atoms with Crippen LogP contribution in [0.15, 0.2) is 24.3 Å². The Hall–Kier alpha value is -2.24. The molecule has 6 nitrogen and oxygen atoms in total. The van der Waals surface area contributed by atoms with E-state index in [9.17, 15) is 19.8 Å². The van der Waals surface area contributed by atoms with Crippen molar-refractivity contribution in [3.8, 4) is 5.75 Å². The summed E-state index contributed by atoms with van der Waals surface area (Å²) in [6, 6.07) is 5.16. The Kier molecular flexibility index (Phi) is 4.12. The number of carbonyl (C=O) groups excluding carboxylic acids is 1. The van der Waals surface area contributed by atoms with Gasteiger partial charge in [0.2, 0.25) is 0 Å². The first-order chi connectivity index (χ1) is 9.47. The van der Waals surface area contributed by atoms with Crippen LogP contribution in [0.1, 0.15) is 18.4 Å². The van der Waals surface area contributed by atoms with Crippen LogP contribution in [-0.4, -0.2) is 46.2 Å². The molecular weight excluding hydrogens is 260 g/mol. The number of phenols is 1. The molecule has 1 atom stereocenters. The van der Waals surface area contributed by atoms with Gasteiger partial charge in [0.25, 0.3) is 0 Å². The molecule has 0 heterocycles. The van der Waals surface area contributed by atoms with Gasteiger partial charge in [-0.2, -0.15) is 0 Å². The predicted octanol–water partition coefficient (Wildman–Crippen LogP) is 1.19. The number of carboxylic acids is 1. The standard InChI is InChI=1S/C14H18N2O4/c1-16(10-4-5-10)14(20)15-12(13(18)19)8-9-2-6-11(17)7-3-9/h2-3,6-7,10,12,17H,4-5,8H2,1H3,(H,15,20)(H,18,19). The van der Waals surface area contributed by atoms with E-state index in [0.717, 1.165) is 18.4 Å². The SMILES string of the molecule is CN(C(=O)NC(Cc1ccc(O)cc1)C(=O)O)C1CC1. The normalized spacial score (nSPS) is 15.4. The summed E-state index contributed by atoms with van der Waals surface area (Å²) < 4.78 is 0. The van der Waals surface area contributed by atoms with E-state index in [0.29, 0.717) is 0 Å². The lowest BCUT2D eigenvalue weighted by molar-refractivity contribution is -0.139. The summed E-state index contributed by atoms with van der Waals surface area (Å²) in [7, 11) is 1.67. The summed E-state index contributed by atoms with van der Waals surface area (Å²) >= 11 is 0. The second-order valence-corrected chi connectivity index (χ2v) is 5.05. The van der Waals surface area contributed by atoms with Gasteiger partial charge in [-0.25, -0.2) is 9.59 Å². The van der Waals surface area contributed by atoms with Crippen LogP contribution in [0.4, 0.5) is 4.79 Å². The van der Waals surface area contributed by atoms with E-state index < -0.39 is 12.0 Å². The van der Waals surface area contributed by atoms with Gasteiger partial charge in [-0.15, -0.1) is 0 Å². The summed E-state index contributed by atoms with van der Waals surface area (Å²) in [4.78, 5) is 24.7. The number of rotatable bonds is 5. The maximum absolute atomic E-state index is 11.9. The fourth-order valence-corrected chi connectivity index (χ4v) is 1.95. The largest absolute Gasteiger partial charge is 0.508 e. The lowest BCUT2D eigenvalue weighted by Gasteiger charge is -2.21. The molecule has 0 radical (unpaired) electrons. The van der Waals surface area contributed by atoms with Crippen LogP contribution in [0.5, 0.6) is 5.75 Å². The minimum atomic E-state index is -1.07. The van der Waals surface area contributed by atoms with Gasteiger partial charge in [0, 0.05) is 19.5 Å². The Bertz CT molecular complexity index is 496. The number of carbonyl (C=O) groups is 2. The number of carboxylic acid groups (broad SMARTS) is 1. The molecule has 1 aromatic carbocycles. The van der Waals surface area contributed by atoms with Gasteiger partial charge in [-0.3, -0.25) is 0 Å². The van der Waals surface area contributed by atoms with Crippen molar-refractivity contribution >= 4 is 12.0 Å². The zero-order valence-electron chi connectivity index (χ0n) is 11.2. The van der Waals surface area contributed by atoms with Crippen LogP contribution in [0.2, 0.25) is 0 Å². The minimum absolute atomic E-state index is 0.123. The molecule has 2 rings (SSSR count). The van der Waals surface area contributed by atoms with Crippen LogP contribution < -0.4 is 5.32 Å². The fraction of sp³-hybridized carbons (Fsp3) is 0.429. The van der Waals surface area contributed by atoms with Gasteiger partial charge in [-0.1, -0.05) is 12.1 Å². The number of phenolic OH excluding ortho intramolecular Hbond substituents is 1. The number of aliphatic carboxylic acids is 1. The number of hydrogen-bond donors (Lipinski definition) is 3. The summed E-state index contributed by atoms with van der Waals surface area (Å²) in [5, 5.41) is 20.9. The molecule has 1 fully saturated rings. The minimum Gasteiger partial charge on any atom is -0.508 e. The molecule has 6 heteroatoms. The summed E-state index contributed by atoms with van der Waals surface area (Å²) in [5.41, 5.74) is 0.740. The molecule has 2 amide bonds. The lowest BCUT2D eigenvalue weighted by Crippen LogP contribution is -2.48. The average Bonchev–Trinajstić information content (AvgIpc) is 3.23. The number of nitrogens with one attached hydrogen (secondary N) is 1. The second-order valence-electron chi connectivity index (χ2n) is 5.05. The van der Waals surface area contributed by atoms with Gasteiger partial charge >= 0.3 is 12.0 Å². The van der Waals surface area contributed by atoms with E-state index in [1.807, 2.05) is 0 Å². The molecule has 0 saturated heterocycles. The molecule has 1 aromatic rings. The molecule has 3 N–H and O–H groups in total. The smallest absolute Gasteiger partial charge is 0.326 e. The summed E-state index contributed by atoms with van der Waals surface area (Å²) in [6.07, 6.45) is 2.12. The third kappa shape index (κ3) is 3.63. The van der Waals surface area contributed by atoms with Crippen molar-refractivity contribution < 1.29 is 19.8 Å². The maximum atomic E-state index is 11.9. The second kappa shape index (κ2) is 5.81. The molecule has 1 aliphatic rings. The molecule has 20 heavy (non-hydrogen) atoms. The highest BCUT2D eigenvalue weighted by molar-refractivity contribution is 5.83. The zero-order valence-corrected chi connectivity index (χ0v) is 11.2. The number of nitrogens with zero attached hydrogens (tertiary/aromatic N) is 1. The highest BCUT2D eigenvalue weighted by Crippen LogP contribution is 2.25. The van der Waals surface area contributed by atoms with E-state index in [4.69, 9.17) is 0 Å². The Labute approximate surface area is 117 Å². The van der Waals surface area contributed by atoms with Gasteiger partial charge in [0.15, 0.2) is 0 Å². The Morgan fingerprint density at radius 1 is 1.35 bits per heavy atom. The van der Waals surface area contributed by atoms with Crippen LogP contribution in [-0.2, 0) is 11.2 Å². The van der Waals surface area contributed by atoms with Crippen LogP contribution in [0.25, 0.3) is 0 Å².